The highest BCUT2D eigenvalue weighted by Crippen LogP contribution is 2.29. The molecule has 1 aromatic carbocycles. The van der Waals surface area contributed by atoms with Gasteiger partial charge in [0.05, 0.1) is 4.92 Å². The lowest BCUT2D eigenvalue weighted by molar-refractivity contribution is -0.384. The predicted molar refractivity (Wildman–Crippen MR) is 98.0 cm³/mol. The third kappa shape index (κ3) is 4.42. The molecule has 0 saturated heterocycles. The molecule has 0 fully saturated rings. The minimum absolute atomic E-state index is 0.0170. The summed E-state index contributed by atoms with van der Waals surface area (Å²) in [5, 5.41) is 27.3. The normalized spacial score (nSPS) is 11.5. The van der Waals surface area contributed by atoms with Gasteiger partial charge in [0.25, 0.3) is 5.69 Å². The van der Waals surface area contributed by atoms with Crippen molar-refractivity contribution in [1.82, 2.24) is 15.2 Å². The molecule has 10 heteroatoms. The van der Waals surface area contributed by atoms with Gasteiger partial charge in [-0.05, 0) is 23.9 Å². The number of nitro groups is 1. The second-order valence-corrected chi connectivity index (χ2v) is 6.35. The van der Waals surface area contributed by atoms with Crippen LogP contribution in [0.3, 0.4) is 0 Å². The lowest BCUT2D eigenvalue weighted by Crippen LogP contribution is -1.97. The Bertz CT molecular complexity index is 1020. The molecule has 0 atom stereocenters. The predicted octanol–water partition coefficient (Wildman–Crippen LogP) is 3.75. The molecular formula is C17H14N4O5S. The van der Waals surface area contributed by atoms with Crippen LogP contribution < -0.4 is 0 Å². The first-order valence-electron chi connectivity index (χ1n) is 7.85. The number of non-ortho nitro benzene ring substituents is 1. The Morgan fingerprint density at radius 2 is 2.22 bits per heavy atom. The van der Waals surface area contributed by atoms with E-state index in [9.17, 15) is 20.0 Å². The molecule has 0 amide bonds. The molecule has 0 radical (unpaired) electrons. The molecule has 3 aromatic rings. The molecule has 0 bridgehead atoms. The number of aromatic nitrogens is 3. The van der Waals surface area contributed by atoms with Crippen LogP contribution in [0.2, 0.25) is 0 Å². The lowest BCUT2D eigenvalue weighted by atomic mass is 10.1. The van der Waals surface area contributed by atoms with Crippen molar-refractivity contribution in [2.45, 2.75) is 18.5 Å². The first-order valence-corrected chi connectivity index (χ1v) is 8.66. The van der Waals surface area contributed by atoms with Crippen LogP contribution >= 0.6 is 11.8 Å². The van der Waals surface area contributed by atoms with Gasteiger partial charge < -0.3 is 9.52 Å². The summed E-state index contributed by atoms with van der Waals surface area (Å²) in [5.74, 6) is 0.211. The zero-order chi connectivity index (χ0) is 19.4. The molecule has 0 spiro atoms. The van der Waals surface area contributed by atoms with Crippen molar-refractivity contribution in [2.75, 3.05) is 0 Å². The van der Waals surface area contributed by atoms with Gasteiger partial charge in [0.1, 0.15) is 22.3 Å². The summed E-state index contributed by atoms with van der Waals surface area (Å²) in [7, 11) is 0. The van der Waals surface area contributed by atoms with E-state index in [1.807, 2.05) is 6.92 Å². The second-order valence-electron chi connectivity index (χ2n) is 5.34. The minimum atomic E-state index is -1.14. The van der Waals surface area contributed by atoms with E-state index in [4.69, 9.17) is 4.42 Å². The monoisotopic (exact) mass is 386 g/mol. The van der Waals surface area contributed by atoms with E-state index in [-0.39, 0.29) is 10.6 Å². The third-order valence-electron chi connectivity index (χ3n) is 3.50. The number of hydrogen-bond donors (Lipinski definition) is 2. The summed E-state index contributed by atoms with van der Waals surface area (Å²) in [6.45, 7) is 1.90. The number of carboxylic acids is 1. The highest BCUT2D eigenvalue weighted by atomic mass is 32.2. The van der Waals surface area contributed by atoms with E-state index in [0.29, 0.717) is 34.5 Å². The second kappa shape index (κ2) is 7.87. The molecule has 0 aliphatic carbocycles. The summed E-state index contributed by atoms with van der Waals surface area (Å²) in [5.41, 5.74) is 0.467. The van der Waals surface area contributed by atoms with Gasteiger partial charge in [-0.25, -0.2) is 9.78 Å². The number of aryl methyl sites for hydroxylation is 1. The summed E-state index contributed by atoms with van der Waals surface area (Å²) in [6.07, 6.45) is 2.01. The first-order chi connectivity index (χ1) is 13.0. The SMILES string of the molecule is CCc1nc(S/C(=C\c2ccc(-c3cccc([N+](=O)[O-])c3)o2)C(=O)O)n[nH]1. The average Bonchev–Trinajstić information content (AvgIpc) is 3.30. The van der Waals surface area contributed by atoms with E-state index < -0.39 is 10.9 Å². The number of nitrogens with one attached hydrogen (secondary N) is 1. The van der Waals surface area contributed by atoms with Crippen LogP contribution in [0.4, 0.5) is 5.69 Å². The number of hydrogen-bond acceptors (Lipinski definition) is 7. The molecule has 0 saturated carbocycles. The van der Waals surface area contributed by atoms with Gasteiger partial charge in [-0.2, -0.15) is 0 Å². The summed E-state index contributed by atoms with van der Waals surface area (Å²) < 4.78 is 5.62. The largest absolute Gasteiger partial charge is 0.477 e. The fraction of sp³-hybridized carbons (Fsp3) is 0.118. The lowest BCUT2D eigenvalue weighted by Gasteiger charge is -1.98. The van der Waals surface area contributed by atoms with Crippen LogP contribution in [-0.4, -0.2) is 31.2 Å². The first kappa shape index (κ1) is 18.4. The number of furan rings is 1. The maximum atomic E-state index is 11.5. The minimum Gasteiger partial charge on any atom is -0.477 e. The van der Waals surface area contributed by atoms with E-state index in [0.717, 1.165) is 11.8 Å². The molecule has 3 rings (SSSR count). The van der Waals surface area contributed by atoms with Crippen molar-refractivity contribution < 1.29 is 19.2 Å². The number of rotatable bonds is 7. The van der Waals surface area contributed by atoms with Gasteiger partial charge in [0, 0.05) is 30.2 Å². The fourth-order valence-electron chi connectivity index (χ4n) is 2.20. The summed E-state index contributed by atoms with van der Waals surface area (Å²) in [6, 6.07) is 9.21. The number of H-pyrrole nitrogens is 1. The molecule has 2 aromatic heterocycles. The van der Waals surface area contributed by atoms with Crippen LogP contribution in [0.5, 0.6) is 0 Å². The van der Waals surface area contributed by atoms with Gasteiger partial charge in [0.15, 0.2) is 0 Å². The zero-order valence-electron chi connectivity index (χ0n) is 14.1. The molecule has 9 nitrogen and oxygen atoms in total. The Morgan fingerprint density at radius 3 is 2.89 bits per heavy atom. The van der Waals surface area contributed by atoms with Gasteiger partial charge in [0.2, 0.25) is 5.16 Å². The molecular weight excluding hydrogens is 372 g/mol. The molecule has 27 heavy (non-hydrogen) atoms. The maximum Gasteiger partial charge on any atom is 0.342 e. The maximum absolute atomic E-state index is 11.5. The molecule has 2 N–H and O–H groups in total. The Morgan fingerprint density at radius 1 is 1.41 bits per heavy atom. The van der Waals surface area contributed by atoms with Crippen LogP contribution in [0.15, 0.2) is 50.9 Å². The van der Waals surface area contributed by atoms with Gasteiger partial charge >= 0.3 is 5.97 Å². The number of carbonyl (C=O) groups is 1. The van der Waals surface area contributed by atoms with Crippen molar-refractivity contribution >= 4 is 29.5 Å². The van der Waals surface area contributed by atoms with Gasteiger partial charge in [-0.1, -0.05) is 19.1 Å². The van der Waals surface area contributed by atoms with Gasteiger partial charge in [-0.15, -0.1) is 5.10 Å². The number of nitrogens with zero attached hydrogens (tertiary/aromatic N) is 3. The summed E-state index contributed by atoms with van der Waals surface area (Å²) in [4.78, 5) is 26.1. The van der Waals surface area contributed by atoms with Crippen molar-refractivity contribution in [3.63, 3.8) is 0 Å². The third-order valence-corrected chi connectivity index (χ3v) is 4.38. The van der Waals surface area contributed by atoms with E-state index in [1.165, 1.54) is 18.2 Å². The summed E-state index contributed by atoms with van der Waals surface area (Å²) >= 11 is 0.898. The quantitative estimate of drug-likeness (QED) is 0.271. The average molecular weight is 386 g/mol. The number of aromatic amines is 1. The van der Waals surface area contributed by atoms with Crippen LogP contribution in [-0.2, 0) is 11.2 Å². The van der Waals surface area contributed by atoms with Crippen molar-refractivity contribution in [1.29, 1.82) is 0 Å². The number of thioether (sulfide) groups is 1. The smallest absolute Gasteiger partial charge is 0.342 e. The van der Waals surface area contributed by atoms with Crippen LogP contribution in [0, 0.1) is 10.1 Å². The Kier molecular flexibility index (Phi) is 5.36. The van der Waals surface area contributed by atoms with Crippen LogP contribution in [0.1, 0.15) is 18.5 Å². The van der Waals surface area contributed by atoms with Crippen molar-refractivity contribution in [3.8, 4) is 11.3 Å². The number of aliphatic carboxylic acids is 1. The Labute approximate surface area is 157 Å². The van der Waals surface area contributed by atoms with Crippen LogP contribution in [0.25, 0.3) is 17.4 Å². The molecule has 0 aliphatic heterocycles. The van der Waals surface area contributed by atoms with E-state index in [2.05, 4.69) is 15.2 Å². The molecule has 2 heterocycles. The van der Waals surface area contributed by atoms with Gasteiger partial charge in [-0.3, -0.25) is 15.2 Å². The number of carboxylic acid groups (broad SMARTS) is 1. The standard InChI is InChI=1S/C17H14N4O5S/c1-2-15-18-17(20-19-15)27-14(16(22)23)9-12-6-7-13(26-12)10-4-3-5-11(8-10)21(24)25/h3-9H,2H2,1H3,(H,22,23)(H,18,19,20)/b14-9-. The highest BCUT2D eigenvalue weighted by Gasteiger charge is 2.15. The van der Waals surface area contributed by atoms with E-state index >= 15 is 0 Å². The molecule has 0 aliphatic rings. The Hall–Kier alpha value is -3.40. The number of nitro benzene ring substituents is 1. The number of benzene rings is 1. The Balaban J connectivity index is 1.85. The highest BCUT2D eigenvalue weighted by molar-refractivity contribution is 8.04. The van der Waals surface area contributed by atoms with Crippen molar-refractivity contribution in [3.05, 3.63) is 63.0 Å². The molecule has 138 valence electrons. The van der Waals surface area contributed by atoms with Crippen molar-refractivity contribution in [2.24, 2.45) is 0 Å². The van der Waals surface area contributed by atoms with E-state index in [1.54, 1.807) is 24.3 Å². The zero-order valence-corrected chi connectivity index (χ0v) is 14.9. The topological polar surface area (TPSA) is 135 Å². The molecule has 0 unspecified atom stereocenters. The fourth-order valence-corrected chi connectivity index (χ4v) is 2.91.